The van der Waals surface area contributed by atoms with Crippen molar-refractivity contribution >= 4 is 5.69 Å². The fourth-order valence-electron chi connectivity index (χ4n) is 2.21. The molecule has 0 aliphatic carbocycles. The van der Waals surface area contributed by atoms with E-state index in [1.807, 2.05) is 13.8 Å². The van der Waals surface area contributed by atoms with Crippen LogP contribution in [0.3, 0.4) is 0 Å². The minimum Gasteiger partial charge on any atom is -0.371 e. The van der Waals surface area contributed by atoms with Crippen molar-refractivity contribution < 1.29 is 13.2 Å². The van der Waals surface area contributed by atoms with Crippen LogP contribution in [0, 0.1) is 0 Å². The summed E-state index contributed by atoms with van der Waals surface area (Å²) in [6.07, 6.45) is -2.02. The average molecular weight is 288 g/mol. The van der Waals surface area contributed by atoms with Gasteiger partial charge in [0.05, 0.1) is 5.56 Å². The van der Waals surface area contributed by atoms with Gasteiger partial charge in [0.25, 0.3) is 0 Å². The zero-order valence-electron chi connectivity index (χ0n) is 12.1. The van der Waals surface area contributed by atoms with Crippen molar-refractivity contribution in [2.75, 3.05) is 24.5 Å². The lowest BCUT2D eigenvalue weighted by molar-refractivity contribution is -0.137. The molecule has 0 aromatic heterocycles. The Morgan fingerprint density at radius 2 is 1.90 bits per heavy atom. The van der Waals surface area contributed by atoms with Crippen LogP contribution in [0.4, 0.5) is 18.9 Å². The third-order valence-corrected chi connectivity index (χ3v) is 3.30. The first-order valence-corrected chi connectivity index (χ1v) is 7.09. The molecule has 20 heavy (non-hydrogen) atoms. The normalized spacial score (nSPS) is 11.7. The van der Waals surface area contributed by atoms with Crippen LogP contribution in [-0.2, 0) is 12.6 Å². The summed E-state index contributed by atoms with van der Waals surface area (Å²) in [5, 5.41) is 0. The minimum atomic E-state index is -4.33. The smallest absolute Gasteiger partial charge is 0.371 e. The fourth-order valence-corrected chi connectivity index (χ4v) is 2.21. The van der Waals surface area contributed by atoms with Crippen molar-refractivity contribution in [1.29, 1.82) is 0 Å². The molecule has 0 saturated carbocycles. The molecule has 0 atom stereocenters. The lowest BCUT2D eigenvalue weighted by atomic mass is 10.0. The van der Waals surface area contributed by atoms with Gasteiger partial charge in [0.1, 0.15) is 0 Å². The van der Waals surface area contributed by atoms with E-state index in [9.17, 15) is 13.2 Å². The Balaban J connectivity index is 3.16. The Kier molecular flexibility index (Phi) is 6.33. The van der Waals surface area contributed by atoms with E-state index in [0.717, 1.165) is 12.8 Å². The van der Waals surface area contributed by atoms with Crippen LogP contribution in [0.15, 0.2) is 18.2 Å². The number of hydrogen-bond acceptors (Lipinski definition) is 2. The highest BCUT2D eigenvalue weighted by Crippen LogP contribution is 2.37. The quantitative estimate of drug-likeness (QED) is 0.826. The topological polar surface area (TPSA) is 29.3 Å². The molecule has 0 unspecified atom stereocenters. The lowest BCUT2D eigenvalue weighted by Crippen LogP contribution is -2.27. The molecule has 2 nitrogen and oxygen atoms in total. The van der Waals surface area contributed by atoms with Gasteiger partial charge in [0.2, 0.25) is 0 Å². The van der Waals surface area contributed by atoms with Crippen LogP contribution >= 0.6 is 0 Å². The fraction of sp³-hybridized carbons (Fsp3) is 0.600. The summed E-state index contributed by atoms with van der Waals surface area (Å²) in [6, 6.07) is 4.55. The van der Waals surface area contributed by atoms with E-state index in [-0.39, 0.29) is 5.69 Å². The highest BCUT2D eigenvalue weighted by atomic mass is 19.4. The standard InChI is InChI=1S/C15H23F3N2/c1-3-5-10-20(4-2)14-7-6-12(8-9-19)11-13(14)15(16,17)18/h6-7,11H,3-5,8-10,19H2,1-2H3. The molecular weight excluding hydrogens is 265 g/mol. The van der Waals surface area contributed by atoms with Gasteiger partial charge in [0.15, 0.2) is 0 Å². The molecule has 0 fully saturated rings. The number of anilines is 1. The Morgan fingerprint density at radius 3 is 2.40 bits per heavy atom. The van der Waals surface area contributed by atoms with Gasteiger partial charge in [-0.3, -0.25) is 0 Å². The Hall–Kier alpha value is -1.23. The van der Waals surface area contributed by atoms with E-state index in [2.05, 4.69) is 0 Å². The molecule has 0 aliphatic rings. The molecule has 0 saturated heterocycles. The zero-order chi connectivity index (χ0) is 15.2. The summed E-state index contributed by atoms with van der Waals surface area (Å²) in [7, 11) is 0. The third kappa shape index (κ3) is 4.40. The molecule has 5 heteroatoms. The summed E-state index contributed by atoms with van der Waals surface area (Å²) in [4.78, 5) is 1.79. The summed E-state index contributed by atoms with van der Waals surface area (Å²) < 4.78 is 39.7. The van der Waals surface area contributed by atoms with Crippen molar-refractivity contribution in [2.24, 2.45) is 5.73 Å². The van der Waals surface area contributed by atoms with Gasteiger partial charge in [-0.25, -0.2) is 0 Å². The number of unbranched alkanes of at least 4 members (excludes halogenated alkanes) is 1. The Bertz CT molecular complexity index is 416. The Labute approximate surface area is 118 Å². The van der Waals surface area contributed by atoms with Crippen molar-refractivity contribution in [3.63, 3.8) is 0 Å². The molecular formula is C15H23F3N2. The van der Waals surface area contributed by atoms with Crippen LogP contribution < -0.4 is 10.6 Å². The number of halogens is 3. The van der Waals surface area contributed by atoms with E-state index in [1.54, 1.807) is 17.0 Å². The minimum absolute atomic E-state index is 0.272. The second kappa shape index (κ2) is 7.53. The largest absolute Gasteiger partial charge is 0.418 e. The van der Waals surface area contributed by atoms with E-state index in [4.69, 9.17) is 5.73 Å². The highest BCUT2D eigenvalue weighted by Gasteiger charge is 2.34. The van der Waals surface area contributed by atoms with Crippen LogP contribution in [0.1, 0.15) is 37.8 Å². The number of nitrogens with two attached hydrogens (primary N) is 1. The molecule has 1 rings (SSSR count). The van der Waals surface area contributed by atoms with Gasteiger partial charge >= 0.3 is 6.18 Å². The van der Waals surface area contributed by atoms with Crippen LogP contribution in [-0.4, -0.2) is 19.6 Å². The monoisotopic (exact) mass is 288 g/mol. The molecule has 0 bridgehead atoms. The summed E-state index contributed by atoms with van der Waals surface area (Å²) in [6.45, 7) is 5.47. The van der Waals surface area contributed by atoms with E-state index in [0.29, 0.717) is 31.6 Å². The first-order chi connectivity index (χ1) is 9.43. The molecule has 0 radical (unpaired) electrons. The van der Waals surface area contributed by atoms with Gasteiger partial charge in [-0.1, -0.05) is 19.4 Å². The van der Waals surface area contributed by atoms with E-state index < -0.39 is 11.7 Å². The van der Waals surface area contributed by atoms with Gasteiger partial charge in [-0.15, -0.1) is 0 Å². The molecule has 0 heterocycles. The zero-order valence-corrected chi connectivity index (χ0v) is 12.1. The van der Waals surface area contributed by atoms with Crippen LogP contribution in [0.25, 0.3) is 0 Å². The maximum atomic E-state index is 13.2. The number of nitrogens with zero attached hydrogens (tertiary/aromatic N) is 1. The molecule has 0 aliphatic heterocycles. The second-order valence-corrected chi connectivity index (χ2v) is 4.82. The molecule has 2 N–H and O–H groups in total. The SMILES string of the molecule is CCCCN(CC)c1ccc(CCN)cc1C(F)(F)F. The Morgan fingerprint density at radius 1 is 1.20 bits per heavy atom. The summed E-state index contributed by atoms with van der Waals surface area (Å²) in [5.74, 6) is 0. The maximum Gasteiger partial charge on any atom is 0.418 e. The van der Waals surface area contributed by atoms with Crippen molar-refractivity contribution in [3.8, 4) is 0 Å². The predicted molar refractivity (Wildman–Crippen MR) is 77.0 cm³/mol. The molecule has 114 valence electrons. The van der Waals surface area contributed by atoms with Gasteiger partial charge in [-0.05, 0) is 44.0 Å². The highest BCUT2D eigenvalue weighted by molar-refractivity contribution is 5.56. The first-order valence-electron chi connectivity index (χ1n) is 7.09. The summed E-state index contributed by atoms with van der Waals surface area (Å²) >= 11 is 0. The van der Waals surface area contributed by atoms with Gasteiger partial charge in [0, 0.05) is 18.8 Å². The van der Waals surface area contributed by atoms with Gasteiger partial charge < -0.3 is 10.6 Å². The number of alkyl halides is 3. The van der Waals surface area contributed by atoms with Crippen molar-refractivity contribution in [3.05, 3.63) is 29.3 Å². The van der Waals surface area contributed by atoms with Crippen molar-refractivity contribution in [2.45, 2.75) is 39.3 Å². The maximum absolute atomic E-state index is 13.2. The van der Waals surface area contributed by atoms with Crippen molar-refractivity contribution in [1.82, 2.24) is 0 Å². The van der Waals surface area contributed by atoms with Gasteiger partial charge in [-0.2, -0.15) is 13.2 Å². The molecule has 0 amide bonds. The average Bonchev–Trinajstić information content (AvgIpc) is 2.40. The van der Waals surface area contributed by atoms with Crippen LogP contribution in [0.2, 0.25) is 0 Å². The molecule has 0 spiro atoms. The number of hydrogen-bond donors (Lipinski definition) is 1. The predicted octanol–water partition coefficient (Wildman–Crippen LogP) is 3.83. The van der Waals surface area contributed by atoms with E-state index in [1.165, 1.54) is 6.07 Å². The number of rotatable bonds is 7. The number of benzene rings is 1. The van der Waals surface area contributed by atoms with E-state index >= 15 is 0 Å². The third-order valence-electron chi connectivity index (χ3n) is 3.30. The second-order valence-electron chi connectivity index (χ2n) is 4.82. The molecule has 1 aromatic carbocycles. The van der Waals surface area contributed by atoms with Crippen LogP contribution in [0.5, 0.6) is 0 Å². The summed E-state index contributed by atoms with van der Waals surface area (Å²) in [5.41, 5.74) is 5.77. The first kappa shape index (κ1) is 16.8. The molecule has 1 aromatic rings. The lowest BCUT2D eigenvalue weighted by Gasteiger charge is -2.27.